The summed E-state index contributed by atoms with van der Waals surface area (Å²) in [7, 11) is -3.62. The molecule has 0 atom stereocenters. The minimum Gasteiger partial charge on any atom is -0.369 e. The van der Waals surface area contributed by atoms with E-state index >= 15 is 0 Å². The van der Waals surface area contributed by atoms with Crippen LogP contribution in [0.4, 0.5) is 0 Å². The van der Waals surface area contributed by atoms with Gasteiger partial charge in [0, 0.05) is 17.5 Å². The zero-order valence-electron chi connectivity index (χ0n) is 12.8. The van der Waals surface area contributed by atoms with E-state index in [-0.39, 0.29) is 23.3 Å². The summed E-state index contributed by atoms with van der Waals surface area (Å²) < 4.78 is 26.9. The van der Waals surface area contributed by atoms with E-state index in [1.54, 1.807) is 42.6 Å². The monoisotopic (exact) mass is 367 g/mol. The van der Waals surface area contributed by atoms with Gasteiger partial charge in [0.1, 0.15) is 0 Å². The Hall–Kier alpha value is -2.32. The van der Waals surface area contributed by atoms with Crippen LogP contribution in [0.25, 0.3) is 0 Å². The van der Waals surface area contributed by atoms with Gasteiger partial charge in [0.15, 0.2) is 0 Å². The molecule has 0 fully saturated rings. The number of benzene rings is 1. The Balaban J connectivity index is 0.00000208. The highest BCUT2D eigenvalue weighted by atomic mass is 35.5. The van der Waals surface area contributed by atoms with E-state index < -0.39 is 10.0 Å². The highest BCUT2D eigenvalue weighted by Crippen LogP contribution is 2.26. The number of guanidine groups is 1. The predicted octanol–water partition coefficient (Wildman–Crippen LogP) is 1.46. The number of hydrogen-bond donors (Lipinski definition) is 2. The van der Waals surface area contributed by atoms with Crippen LogP contribution in [-0.4, -0.2) is 24.1 Å². The van der Waals surface area contributed by atoms with Gasteiger partial charge in [0.2, 0.25) is 5.96 Å². The van der Waals surface area contributed by atoms with Crippen molar-refractivity contribution in [1.29, 1.82) is 0 Å². The first kappa shape index (κ1) is 18.0. The molecule has 1 aromatic carbocycles. The molecule has 9 heteroatoms. The first-order valence-corrected chi connectivity index (χ1v) is 8.61. The molecule has 0 saturated heterocycles. The maximum atomic E-state index is 12.8. The van der Waals surface area contributed by atoms with E-state index in [9.17, 15) is 8.42 Å². The van der Waals surface area contributed by atoms with E-state index in [1.165, 1.54) is 3.97 Å². The number of rotatable bonds is 3. The van der Waals surface area contributed by atoms with Gasteiger partial charge in [-0.2, -0.15) is 5.10 Å². The Kier molecular flexibility index (Phi) is 5.30. The Morgan fingerprint density at radius 1 is 1.08 bits per heavy atom. The molecule has 0 aliphatic heterocycles. The van der Waals surface area contributed by atoms with Crippen molar-refractivity contribution in [3.63, 3.8) is 0 Å². The van der Waals surface area contributed by atoms with Gasteiger partial charge in [-0.05, 0) is 37.5 Å². The fourth-order valence-electron chi connectivity index (χ4n) is 2.67. The maximum absolute atomic E-state index is 12.8. The Morgan fingerprint density at radius 2 is 1.79 bits per heavy atom. The molecule has 1 aliphatic rings. The van der Waals surface area contributed by atoms with E-state index in [0.29, 0.717) is 24.2 Å². The zero-order chi connectivity index (χ0) is 16.4. The van der Waals surface area contributed by atoms with Crippen LogP contribution in [0.3, 0.4) is 0 Å². The van der Waals surface area contributed by atoms with Gasteiger partial charge in [-0.1, -0.05) is 18.2 Å². The molecule has 0 bridgehead atoms. The molecule has 128 valence electrons. The van der Waals surface area contributed by atoms with E-state index in [2.05, 4.69) is 10.2 Å². The molecule has 0 unspecified atom stereocenters. The second kappa shape index (κ2) is 7.06. The summed E-state index contributed by atoms with van der Waals surface area (Å²) in [6.07, 6.45) is 3.72. The molecule has 0 radical (unpaired) electrons. The molecule has 0 amide bonds. The Bertz CT molecular complexity index is 884. The molecule has 7 nitrogen and oxygen atoms in total. The molecule has 2 aromatic rings. The summed E-state index contributed by atoms with van der Waals surface area (Å²) in [6, 6.07) is 10.1. The largest absolute Gasteiger partial charge is 0.369 e. The highest BCUT2D eigenvalue weighted by molar-refractivity contribution is 7.90. The molecule has 0 spiro atoms. The fourth-order valence-corrected chi connectivity index (χ4v) is 4.09. The van der Waals surface area contributed by atoms with Crippen LogP contribution < -0.4 is 11.5 Å². The first-order valence-electron chi connectivity index (χ1n) is 7.17. The third-order valence-corrected chi connectivity index (χ3v) is 5.41. The summed E-state index contributed by atoms with van der Waals surface area (Å²) in [6.45, 7) is 0. The maximum Gasteiger partial charge on any atom is 0.267 e. The summed E-state index contributed by atoms with van der Waals surface area (Å²) in [5.41, 5.74) is 12.8. The van der Waals surface area contributed by atoms with Gasteiger partial charge < -0.3 is 11.5 Å². The molecule has 4 N–H and O–H groups in total. The Labute approximate surface area is 146 Å². The van der Waals surface area contributed by atoms with Crippen molar-refractivity contribution >= 4 is 34.1 Å². The minimum absolute atomic E-state index is 0. The second-order valence-electron chi connectivity index (χ2n) is 5.22. The number of hydrogen-bond acceptors (Lipinski definition) is 4. The number of nitrogens with two attached hydrogens (primary N) is 2. The first-order chi connectivity index (χ1) is 11.0. The predicted molar refractivity (Wildman–Crippen MR) is 96.0 cm³/mol. The van der Waals surface area contributed by atoms with Crippen molar-refractivity contribution in [3.8, 4) is 0 Å². The summed E-state index contributed by atoms with van der Waals surface area (Å²) in [5, 5.41) is 7.72. The standard InChI is InChI=1S/C15H17N5O2S.ClH/c16-15(17)19-18-13-7-4-8-14-12(13)9-10-20(14)23(21,22)11-5-2-1-3-6-11;/h1-3,5-6,9-10H,4,7-8H2,(H4,16,17,19);1H/b18-13-;. The van der Waals surface area contributed by atoms with Crippen LogP contribution in [-0.2, 0) is 16.4 Å². The summed E-state index contributed by atoms with van der Waals surface area (Å²) in [4.78, 5) is 0.256. The van der Waals surface area contributed by atoms with Crippen molar-refractivity contribution in [2.45, 2.75) is 24.2 Å². The SMILES string of the molecule is Cl.NC(N)=N/N=C1/CCCc2c1ccn2S(=O)(=O)c1ccccc1. The van der Waals surface area contributed by atoms with Crippen LogP contribution in [0.1, 0.15) is 24.1 Å². The average molecular weight is 368 g/mol. The molecular weight excluding hydrogens is 350 g/mol. The van der Waals surface area contributed by atoms with Crippen LogP contribution >= 0.6 is 12.4 Å². The fraction of sp³-hybridized carbons (Fsp3) is 0.200. The van der Waals surface area contributed by atoms with Gasteiger partial charge >= 0.3 is 0 Å². The van der Waals surface area contributed by atoms with Gasteiger partial charge in [-0.25, -0.2) is 12.4 Å². The van der Waals surface area contributed by atoms with E-state index in [1.807, 2.05) is 0 Å². The second-order valence-corrected chi connectivity index (χ2v) is 7.03. The topological polar surface area (TPSA) is 116 Å². The average Bonchev–Trinajstić information content (AvgIpc) is 2.99. The van der Waals surface area contributed by atoms with Crippen molar-refractivity contribution < 1.29 is 8.42 Å². The lowest BCUT2D eigenvalue weighted by Gasteiger charge is -2.17. The zero-order valence-corrected chi connectivity index (χ0v) is 14.4. The van der Waals surface area contributed by atoms with Crippen LogP contribution in [0.15, 0.2) is 57.7 Å². The number of nitrogens with zero attached hydrogens (tertiary/aromatic N) is 3. The quantitative estimate of drug-likeness (QED) is 0.485. The highest BCUT2D eigenvalue weighted by Gasteiger charge is 2.26. The third-order valence-electron chi connectivity index (χ3n) is 3.68. The van der Waals surface area contributed by atoms with E-state index in [4.69, 9.17) is 11.5 Å². The van der Waals surface area contributed by atoms with Crippen molar-refractivity contribution in [1.82, 2.24) is 3.97 Å². The lowest BCUT2D eigenvalue weighted by molar-refractivity contribution is 0.584. The lowest BCUT2D eigenvalue weighted by Crippen LogP contribution is -2.22. The molecular formula is C15H18ClN5O2S. The molecule has 1 aliphatic carbocycles. The van der Waals surface area contributed by atoms with Gasteiger partial charge in [-0.3, -0.25) is 0 Å². The van der Waals surface area contributed by atoms with E-state index in [0.717, 1.165) is 12.0 Å². The van der Waals surface area contributed by atoms with Crippen molar-refractivity contribution in [2.24, 2.45) is 21.7 Å². The van der Waals surface area contributed by atoms with Crippen molar-refractivity contribution in [2.75, 3.05) is 0 Å². The van der Waals surface area contributed by atoms with Gasteiger partial charge in [-0.15, -0.1) is 17.5 Å². The van der Waals surface area contributed by atoms with Gasteiger partial charge in [0.05, 0.1) is 10.6 Å². The number of aromatic nitrogens is 1. The molecule has 0 saturated carbocycles. The summed E-state index contributed by atoms with van der Waals surface area (Å²) >= 11 is 0. The smallest absolute Gasteiger partial charge is 0.267 e. The Morgan fingerprint density at radius 3 is 2.46 bits per heavy atom. The normalized spacial score (nSPS) is 15.4. The van der Waals surface area contributed by atoms with Crippen LogP contribution in [0.5, 0.6) is 0 Å². The molecule has 3 rings (SSSR count). The molecule has 1 aromatic heterocycles. The van der Waals surface area contributed by atoms with Crippen LogP contribution in [0.2, 0.25) is 0 Å². The minimum atomic E-state index is -3.62. The third kappa shape index (κ3) is 3.29. The number of halogens is 1. The number of fused-ring (bicyclic) bond motifs is 1. The van der Waals surface area contributed by atoms with Crippen molar-refractivity contribution in [3.05, 3.63) is 53.9 Å². The summed E-state index contributed by atoms with van der Waals surface area (Å²) in [5.74, 6) is -0.124. The molecule has 1 heterocycles. The molecule has 24 heavy (non-hydrogen) atoms. The van der Waals surface area contributed by atoms with Gasteiger partial charge in [0.25, 0.3) is 10.0 Å². The van der Waals surface area contributed by atoms with Crippen LogP contribution in [0, 0.1) is 0 Å². The lowest BCUT2D eigenvalue weighted by atomic mass is 9.96.